The first-order valence-electron chi connectivity index (χ1n) is 7.19. The maximum Gasteiger partial charge on any atom is 0.232 e. The fourth-order valence-corrected chi connectivity index (χ4v) is 3.40. The Kier molecular flexibility index (Phi) is 11.7. The Morgan fingerprint density at radius 2 is 2.27 bits per heavy atom. The number of halogens is 2. The van der Waals surface area contributed by atoms with Crippen LogP contribution in [-0.2, 0) is 10.5 Å². The zero-order valence-electron chi connectivity index (χ0n) is 12.9. The summed E-state index contributed by atoms with van der Waals surface area (Å²) in [6.45, 7) is 2.83. The van der Waals surface area contributed by atoms with Crippen LogP contribution in [0.3, 0.4) is 0 Å². The normalized spacial score (nSPS) is 17.3. The molecule has 0 aromatic carbocycles. The van der Waals surface area contributed by atoms with Crippen LogP contribution in [-0.4, -0.2) is 48.2 Å². The molecule has 1 aliphatic rings. The Balaban J connectivity index is 0.00000220. The molecule has 1 aromatic rings. The predicted octanol–water partition coefficient (Wildman–Crippen LogP) is 2.62. The molecule has 0 saturated carbocycles. The first kappa shape index (κ1) is 21.5. The largest absolute Gasteiger partial charge is 0.342 e. The van der Waals surface area contributed by atoms with E-state index >= 15 is 0 Å². The van der Waals surface area contributed by atoms with Crippen molar-refractivity contribution in [2.24, 2.45) is 5.92 Å². The standard InChI is InChI=1S/C15H23N3OS.2ClH/c1-16-9-13-5-4-8-18(10-13)15(19)12-20-11-14-6-2-3-7-17-14;;/h2-3,6-7,13,16H,4-5,8-12H2,1H3;2*1H. The first-order valence-corrected chi connectivity index (χ1v) is 8.35. The summed E-state index contributed by atoms with van der Waals surface area (Å²) in [7, 11) is 1.98. The summed E-state index contributed by atoms with van der Waals surface area (Å²) >= 11 is 1.65. The van der Waals surface area contributed by atoms with Crippen molar-refractivity contribution in [1.82, 2.24) is 15.2 Å². The van der Waals surface area contributed by atoms with E-state index < -0.39 is 0 Å². The van der Waals surface area contributed by atoms with Gasteiger partial charge in [-0.25, -0.2) is 0 Å². The molecular weight excluding hydrogens is 341 g/mol. The van der Waals surface area contributed by atoms with Gasteiger partial charge in [0.05, 0.1) is 11.4 Å². The minimum atomic E-state index is 0. The SMILES string of the molecule is CNCC1CCCN(C(=O)CSCc2ccccn2)C1.Cl.Cl. The number of carbonyl (C=O) groups is 1. The van der Waals surface area contributed by atoms with E-state index in [-0.39, 0.29) is 30.7 Å². The zero-order chi connectivity index (χ0) is 14.2. The van der Waals surface area contributed by atoms with E-state index in [2.05, 4.69) is 10.3 Å². The lowest BCUT2D eigenvalue weighted by Gasteiger charge is -2.32. The molecule has 0 radical (unpaired) electrons. The quantitative estimate of drug-likeness (QED) is 0.841. The molecule has 0 spiro atoms. The summed E-state index contributed by atoms with van der Waals surface area (Å²) in [4.78, 5) is 18.5. The molecule has 0 aliphatic carbocycles. The van der Waals surface area contributed by atoms with Crippen LogP contribution in [0.25, 0.3) is 0 Å². The second-order valence-corrected chi connectivity index (χ2v) is 6.21. The highest BCUT2D eigenvalue weighted by Gasteiger charge is 2.22. The van der Waals surface area contributed by atoms with E-state index in [1.54, 1.807) is 18.0 Å². The Labute approximate surface area is 149 Å². The van der Waals surface area contributed by atoms with Crippen LogP contribution in [0, 0.1) is 5.92 Å². The smallest absolute Gasteiger partial charge is 0.232 e. The van der Waals surface area contributed by atoms with E-state index in [9.17, 15) is 4.79 Å². The molecular formula is C15H25Cl2N3OS. The van der Waals surface area contributed by atoms with Crippen molar-refractivity contribution >= 4 is 42.5 Å². The number of rotatable bonds is 6. The van der Waals surface area contributed by atoms with Gasteiger partial charge in [-0.1, -0.05) is 6.07 Å². The zero-order valence-corrected chi connectivity index (χ0v) is 15.3. The van der Waals surface area contributed by atoms with Crippen molar-refractivity contribution in [3.8, 4) is 0 Å². The van der Waals surface area contributed by atoms with Crippen molar-refractivity contribution in [2.45, 2.75) is 18.6 Å². The van der Waals surface area contributed by atoms with Crippen LogP contribution < -0.4 is 5.32 Å². The minimum absolute atomic E-state index is 0. The number of hydrogen-bond donors (Lipinski definition) is 1. The average Bonchev–Trinajstić information content (AvgIpc) is 2.49. The Hall–Kier alpha value is -0.490. The van der Waals surface area contributed by atoms with Gasteiger partial charge >= 0.3 is 0 Å². The van der Waals surface area contributed by atoms with E-state index in [1.807, 2.05) is 30.1 Å². The first-order chi connectivity index (χ1) is 9.79. The van der Waals surface area contributed by atoms with Gasteiger partial charge in [0.1, 0.15) is 0 Å². The summed E-state index contributed by atoms with van der Waals surface area (Å²) in [6.07, 6.45) is 4.15. The number of nitrogens with one attached hydrogen (secondary N) is 1. The van der Waals surface area contributed by atoms with E-state index in [1.165, 1.54) is 6.42 Å². The number of pyridine rings is 1. The van der Waals surface area contributed by atoms with E-state index in [4.69, 9.17) is 0 Å². The maximum absolute atomic E-state index is 12.2. The molecule has 1 N–H and O–H groups in total. The van der Waals surface area contributed by atoms with Gasteiger partial charge in [-0.05, 0) is 44.5 Å². The summed E-state index contributed by atoms with van der Waals surface area (Å²) in [6, 6.07) is 5.90. The van der Waals surface area contributed by atoms with Gasteiger partial charge < -0.3 is 10.2 Å². The molecule has 1 aromatic heterocycles. The van der Waals surface area contributed by atoms with Crippen LogP contribution in [0.1, 0.15) is 18.5 Å². The van der Waals surface area contributed by atoms with Crippen LogP contribution in [0.4, 0.5) is 0 Å². The molecule has 0 bridgehead atoms. The lowest BCUT2D eigenvalue weighted by molar-refractivity contribution is -0.130. The molecule has 1 saturated heterocycles. The van der Waals surface area contributed by atoms with Crippen LogP contribution in [0.15, 0.2) is 24.4 Å². The second kappa shape index (κ2) is 12.0. The molecule has 22 heavy (non-hydrogen) atoms. The third-order valence-electron chi connectivity index (χ3n) is 3.57. The number of nitrogens with zero attached hydrogens (tertiary/aromatic N) is 2. The Morgan fingerprint density at radius 3 is 2.95 bits per heavy atom. The summed E-state index contributed by atoms with van der Waals surface area (Å²) in [5.74, 6) is 2.24. The number of aromatic nitrogens is 1. The molecule has 2 heterocycles. The van der Waals surface area contributed by atoms with Gasteiger partial charge in [0.25, 0.3) is 0 Å². The lowest BCUT2D eigenvalue weighted by Crippen LogP contribution is -2.43. The highest BCUT2D eigenvalue weighted by atomic mass is 35.5. The van der Waals surface area contributed by atoms with Gasteiger partial charge in [-0.3, -0.25) is 9.78 Å². The van der Waals surface area contributed by atoms with Crippen LogP contribution in [0.2, 0.25) is 0 Å². The number of carbonyl (C=O) groups excluding carboxylic acids is 1. The van der Waals surface area contributed by atoms with Crippen LogP contribution >= 0.6 is 36.6 Å². The molecule has 126 valence electrons. The molecule has 4 nitrogen and oxygen atoms in total. The highest BCUT2D eigenvalue weighted by Crippen LogP contribution is 2.17. The van der Waals surface area contributed by atoms with Crippen molar-refractivity contribution in [2.75, 3.05) is 32.4 Å². The van der Waals surface area contributed by atoms with Crippen molar-refractivity contribution in [3.63, 3.8) is 0 Å². The van der Waals surface area contributed by atoms with Gasteiger partial charge in [-0.15, -0.1) is 36.6 Å². The van der Waals surface area contributed by atoms with Gasteiger partial charge in [0, 0.05) is 25.0 Å². The number of likely N-dealkylation sites (tertiary alicyclic amines) is 1. The van der Waals surface area contributed by atoms with Crippen molar-refractivity contribution < 1.29 is 4.79 Å². The van der Waals surface area contributed by atoms with Crippen molar-refractivity contribution in [1.29, 1.82) is 0 Å². The molecule has 1 unspecified atom stereocenters. The summed E-state index contributed by atoms with van der Waals surface area (Å²) in [5.41, 5.74) is 1.04. The fraction of sp³-hybridized carbons (Fsp3) is 0.600. The van der Waals surface area contributed by atoms with Crippen molar-refractivity contribution in [3.05, 3.63) is 30.1 Å². The molecule has 1 amide bonds. The molecule has 1 aliphatic heterocycles. The number of hydrogen-bond acceptors (Lipinski definition) is 4. The van der Waals surface area contributed by atoms with Gasteiger partial charge in [0.15, 0.2) is 0 Å². The summed E-state index contributed by atoms with van der Waals surface area (Å²) in [5, 5.41) is 3.21. The fourth-order valence-electron chi connectivity index (χ4n) is 2.56. The average molecular weight is 366 g/mol. The van der Waals surface area contributed by atoms with E-state index in [0.717, 1.165) is 37.5 Å². The third kappa shape index (κ3) is 7.18. The monoisotopic (exact) mass is 365 g/mol. The highest BCUT2D eigenvalue weighted by molar-refractivity contribution is 7.99. The predicted molar refractivity (Wildman–Crippen MR) is 98.1 cm³/mol. The minimum Gasteiger partial charge on any atom is -0.342 e. The Bertz CT molecular complexity index is 421. The topological polar surface area (TPSA) is 45.2 Å². The van der Waals surface area contributed by atoms with Gasteiger partial charge in [0.2, 0.25) is 5.91 Å². The van der Waals surface area contributed by atoms with Crippen LogP contribution in [0.5, 0.6) is 0 Å². The molecule has 1 fully saturated rings. The Morgan fingerprint density at radius 1 is 1.45 bits per heavy atom. The maximum atomic E-state index is 12.2. The van der Waals surface area contributed by atoms with Gasteiger partial charge in [-0.2, -0.15) is 0 Å². The summed E-state index contributed by atoms with van der Waals surface area (Å²) < 4.78 is 0. The third-order valence-corrected chi connectivity index (χ3v) is 4.52. The molecule has 7 heteroatoms. The lowest BCUT2D eigenvalue weighted by atomic mass is 9.98. The second-order valence-electron chi connectivity index (χ2n) is 5.22. The van der Waals surface area contributed by atoms with E-state index in [0.29, 0.717) is 11.7 Å². The number of amides is 1. The number of piperidine rings is 1. The molecule has 2 rings (SSSR count). The molecule has 1 atom stereocenters. The number of thioether (sulfide) groups is 1.